The Morgan fingerprint density at radius 1 is 0.964 bits per heavy atom. The van der Waals surface area contributed by atoms with Crippen molar-refractivity contribution >= 4 is 18.4 Å². The highest BCUT2D eigenvalue weighted by atomic mass is 16.5. The van der Waals surface area contributed by atoms with Gasteiger partial charge in [-0.15, -0.1) is 10.2 Å². The van der Waals surface area contributed by atoms with E-state index in [1.165, 1.54) is 43.6 Å². The summed E-state index contributed by atoms with van der Waals surface area (Å²) in [6, 6.07) is 9.69. The van der Waals surface area contributed by atoms with Crippen molar-refractivity contribution in [3.05, 3.63) is 53.9 Å². The van der Waals surface area contributed by atoms with Gasteiger partial charge in [-0.3, -0.25) is 0 Å². The van der Waals surface area contributed by atoms with Crippen molar-refractivity contribution in [2.24, 2.45) is 10.2 Å². The first kappa shape index (κ1) is 18.7. The summed E-state index contributed by atoms with van der Waals surface area (Å²) in [6.07, 6.45) is 4.51. The summed E-state index contributed by atoms with van der Waals surface area (Å²) < 4.78 is 11.5. The number of methoxy groups -OCH3 is 2. The lowest BCUT2D eigenvalue weighted by Crippen LogP contribution is -1.99. The molecule has 0 radical (unpaired) electrons. The van der Waals surface area contributed by atoms with Crippen molar-refractivity contribution < 1.29 is 19.7 Å². The number of benzene rings is 2. The zero-order valence-electron chi connectivity index (χ0n) is 15.1. The van der Waals surface area contributed by atoms with Crippen molar-refractivity contribution in [1.29, 1.82) is 0 Å². The molecule has 0 saturated carbocycles. The standard InChI is InChI=1S/C18H18N6O4/c1-27-16-7-12(3-5-14(16)25)9-19-22-18-23-20-11-24(18)21-10-13-4-6-15(26)17(8-13)28-2/h3-11,25-26H,1-2H3,(H,22,23)/b19-9+,21-10+. The molecule has 3 rings (SSSR count). The lowest BCUT2D eigenvalue weighted by atomic mass is 10.2. The molecular weight excluding hydrogens is 364 g/mol. The van der Waals surface area contributed by atoms with Crippen LogP contribution in [0.15, 0.2) is 52.9 Å². The minimum absolute atomic E-state index is 0.0477. The Morgan fingerprint density at radius 3 is 2.18 bits per heavy atom. The Labute approximate surface area is 160 Å². The third kappa shape index (κ3) is 4.36. The first-order valence-electron chi connectivity index (χ1n) is 8.08. The number of anilines is 1. The molecule has 0 atom stereocenters. The van der Waals surface area contributed by atoms with Crippen LogP contribution in [0.5, 0.6) is 23.0 Å². The molecule has 0 fully saturated rings. The van der Waals surface area contributed by atoms with Crippen molar-refractivity contribution in [2.75, 3.05) is 19.6 Å². The van der Waals surface area contributed by atoms with Crippen molar-refractivity contribution in [2.45, 2.75) is 0 Å². The summed E-state index contributed by atoms with van der Waals surface area (Å²) in [5, 5.41) is 35.3. The average molecular weight is 382 g/mol. The zero-order chi connectivity index (χ0) is 19.9. The van der Waals surface area contributed by atoms with Gasteiger partial charge in [0, 0.05) is 0 Å². The summed E-state index contributed by atoms with van der Waals surface area (Å²) >= 11 is 0. The Bertz CT molecular complexity index is 1020. The molecule has 1 heterocycles. The molecule has 10 nitrogen and oxygen atoms in total. The number of aromatic nitrogens is 3. The van der Waals surface area contributed by atoms with Crippen LogP contribution in [0.4, 0.5) is 5.95 Å². The molecule has 10 heteroatoms. The predicted molar refractivity (Wildman–Crippen MR) is 104 cm³/mol. The van der Waals surface area contributed by atoms with Crippen LogP contribution in [0.2, 0.25) is 0 Å². The third-order valence-corrected chi connectivity index (χ3v) is 3.65. The Morgan fingerprint density at radius 2 is 1.57 bits per heavy atom. The van der Waals surface area contributed by atoms with Crippen molar-refractivity contribution in [1.82, 2.24) is 14.9 Å². The maximum atomic E-state index is 9.63. The van der Waals surface area contributed by atoms with Gasteiger partial charge in [-0.25, -0.2) is 5.43 Å². The minimum atomic E-state index is 0.0477. The van der Waals surface area contributed by atoms with E-state index >= 15 is 0 Å². The zero-order valence-corrected chi connectivity index (χ0v) is 15.1. The van der Waals surface area contributed by atoms with E-state index < -0.39 is 0 Å². The molecule has 0 saturated heterocycles. The number of rotatable bonds is 7. The number of nitrogens with zero attached hydrogens (tertiary/aromatic N) is 5. The predicted octanol–water partition coefficient (Wildman–Crippen LogP) is 2.03. The van der Waals surface area contributed by atoms with Gasteiger partial charge in [0.25, 0.3) is 5.95 Å². The van der Waals surface area contributed by atoms with Crippen LogP contribution in [0.25, 0.3) is 0 Å². The molecular formula is C18H18N6O4. The molecule has 2 aromatic carbocycles. The number of ether oxygens (including phenoxy) is 2. The van der Waals surface area contributed by atoms with Gasteiger partial charge >= 0.3 is 0 Å². The SMILES string of the molecule is COc1cc(/C=N/Nc2nncn2/N=C/c2ccc(O)c(OC)c2)ccc1O. The number of hydrazone groups is 1. The number of nitrogens with one attached hydrogen (secondary N) is 1. The first-order valence-corrected chi connectivity index (χ1v) is 8.08. The fraction of sp³-hybridized carbons (Fsp3) is 0.111. The molecule has 0 aliphatic carbocycles. The smallest absolute Gasteiger partial charge is 0.265 e. The number of phenolic OH excluding ortho intramolecular Hbond substituents is 2. The second-order valence-electron chi connectivity index (χ2n) is 5.48. The van der Waals surface area contributed by atoms with E-state index in [1.54, 1.807) is 30.5 Å². The average Bonchev–Trinajstić information content (AvgIpc) is 3.16. The summed E-state index contributed by atoms with van der Waals surface area (Å²) in [6.45, 7) is 0. The lowest BCUT2D eigenvalue weighted by molar-refractivity contribution is 0.373. The summed E-state index contributed by atoms with van der Waals surface area (Å²) in [5.41, 5.74) is 4.17. The molecule has 0 aliphatic rings. The van der Waals surface area contributed by atoms with Crippen molar-refractivity contribution in [3.8, 4) is 23.0 Å². The normalized spacial score (nSPS) is 11.2. The van der Waals surface area contributed by atoms with E-state index in [1.807, 2.05) is 0 Å². The fourth-order valence-corrected chi connectivity index (χ4v) is 2.23. The molecule has 0 bridgehead atoms. The topological polar surface area (TPSA) is 126 Å². The van der Waals surface area contributed by atoms with E-state index in [-0.39, 0.29) is 11.5 Å². The van der Waals surface area contributed by atoms with E-state index in [0.717, 1.165) is 0 Å². The van der Waals surface area contributed by atoms with E-state index in [2.05, 4.69) is 25.8 Å². The summed E-state index contributed by atoms with van der Waals surface area (Å²) in [5.74, 6) is 1.09. The Kier molecular flexibility index (Phi) is 5.70. The molecule has 0 unspecified atom stereocenters. The Hall–Kier alpha value is -4.08. The highest BCUT2D eigenvalue weighted by molar-refractivity contribution is 5.82. The third-order valence-electron chi connectivity index (χ3n) is 3.65. The van der Waals surface area contributed by atoms with Crippen molar-refractivity contribution in [3.63, 3.8) is 0 Å². The number of hydrogen-bond donors (Lipinski definition) is 3. The molecule has 0 aliphatic heterocycles. The number of aromatic hydroxyl groups is 2. The second-order valence-corrected chi connectivity index (χ2v) is 5.48. The number of hydrogen-bond acceptors (Lipinski definition) is 9. The van der Waals surface area contributed by atoms with Gasteiger partial charge in [0.1, 0.15) is 6.33 Å². The largest absolute Gasteiger partial charge is 0.504 e. The first-order chi connectivity index (χ1) is 13.6. The lowest BCUT2D eigenvalue weighted by Gasteiger charge is -2.04. The van der Waals surface area contributed by atoms with Crippen LogP contribution in [0.1, 0.15) is 11.1 Å². The van der Waals surface area contributed by atoms with Gasteiger partial charge in [0.2, 0.25) is 0 Å². The molecule has 1 aromatic heterocycles. The van der Waals surface area contributed by atoms with E-state index in [9.17, 15) is 10.2 Å². The van der Waals surface area contributed by atoms with Crippen LogP contribution in [-0.4, -0.2) is 51.7 Å². The van der Waals surface area contributed by atoms with Crippen LogP contribution in [-0.2, 0) is 0 Å². The van der Waals surface area contributed by atoms with Gasteiger partial charge in [-0.2, -0.15) is 14.9 Å². The maximum Gasteiger partial charge on any atom is 0.265 e. The van der Waals surface area contributed by atoms with Gasteiger partial charge in [0.15, 0.2) is 23.0 Å². The molecule has 144 valence electrons. The summed E-state index contributed by atoms with van der Waals surface area (Å²) in [7, 11) is 2.94. The highest BCUT2D eigenvalue weighted by Crippen LogP contribution is 2.26. The quantitative estimate of drug-likeness (QED) is 0.421. The molecule has 3 aromatic rings. The second kappa shape index (κ2) is 8.54. The summed E-state index contributed by atoms with van der Waals surface area (Å²) in [4.78, 5) is 0. The van der Waals surface area contributed by atoms with E-state index in [0.29, 0.717) is 28.6 Å². The van der Waals surface area contributed by atoms with Gasteiger partial charge in [-0.05, 0) is 47.5 Å². The Balaban J connectivity index is 1.70. The molecule has 0 amide bonds. The molecule has 28 heavy (non-hydrogen) atoms. The van der Waals surface area contributed by atoms with Gasteiger partial charge < -0.3 is 19.7 Å². The van der Waals surface area contributed by atoms with E-state index in [4.69, 9.17) is 9.47 Å². The maximum absolute atomic E-state index is 9.63. The van der Waals surface area contributed by atoms with Gasteiger partial charge in [-0.1, -0.05) is 0 Å². The monoisotopic (exact) mass is 382 g/mol. The number of phenols is 2. The van der Waals surface area contributed by atoms with Gasteiger partial charge in [0.05, 0.1) is 26.6 Å². The molecule has 3 N–H and O–H groups in total. The molecule has 0 spiro atoms. The van der Waals surface area contributed by atoms with Crippen LogP contribution >= 0.6 is 0 Å². The highest BCUT2D eigenvalue weighted by Gasteiger charge is 2.04. The fourth-order valence-electron chi connectivity index (χ4n) is 2.23. The van der Waals surface area contributed by atoms with Crippen LogP contribution < -0.4 is 14.9 Å². The van der Waals surface area contributed by atoms with Crippen LogP contribution in [0, 0.1) is 0 Å². The van der Waals surface area contributed by atoms with Crippen LogP contribution in [0.3, 0.4) is 0 Å². The minimum Gasteiger partial charge on any atom is -0.504 e.